The van der Waals surface area contributed by atoms with Gasteiger partial charge < -0.3 is 5.11 Å². The van der Waals surface area contributed by atoms with Crippen molar-refractivity contribution in [2.45, 2.75) is 12.8 Å². The highest BCUT2D eigenvalue weighted by molar-refractivity contribution is 9.10. The Bertz CT molecular complexity index is 809. The molecule has 122 valence electrons. The molecule has 1 heterocycles. The third-order valence-electron chi connectivity index (χ3n) is 6.12. The lowest BCUT2D eigenvalue weighted by molar-refractivity contribution is -0.141. The minimum atomic E-state index is -0.223. The molecular formula is C18H15BrN2O3. The second-order valence-corrected chi connectivity index (χ2v) is 8.02. The summed E-state index contributed by atoms with van der Waals surface area (Å²) in [6, 6.07) is 4.91. The van der Waals surface area contributed by atoms with Gasteiger partial charge in [-0.2, -0.15) is 10.1 Å². The summed E-state index contributed by atoms with van der Waals surface area (Å²) in [6.07, 6.45) is 8.05. The lowest BCUT2D eigenvalue weighted by Gasteiger charge is -2.18. The zero-order chi connectivity index (χ0) is 16.6. The molecule has 1 aromatic rings. The fourth-order valence-electron chi connectivity index (χ4n) is 4.90. The third-order valence-corrected chi connectivity index (χ3v) is 6.76. The van der Waals surface area contributed by atoms with Crippen LogP contribution in [-0.2, 0) is 9.59 Å². The first-order valence-corrected chi connectivity index (χ1v) is 8.91. The van der Waals surface area contributed by atoms with Crippen LogP contribution in [0.3, 0.4) is 0 Å². The van der Waals surface area contributed by atoms with E-state index in [0.29, 0.717) is 10.0 Å². The summed E-state index contributed by atoms with van der Waals surface area (Å²) in [6.45, 7) is 0. The molecule has 1 aliphatic heterocycles. The Morgan fingerprint density at radius 2 is 1.79 bits per heavy atom. The molecule has 0 radical (unpaired) electrons. The molecule has 5 nitrogen and oxygen atoms in total. The molecule has 2 bridgehead atoms. The van der Waals surface area contributed by atoms with E-state index in [1.54, 1.807) is 12.1 Å². The lowest BCUT2D eigenvalue weighted by atomic mass is 9.85. The smallest absolute Gasteiger partial charge is 0.254 e. The predicted molar refractivity (Wildman–Crippen MR) is 90.0 cm³/mol. The Hall–Kier alpha value is -1.95. The first-order chi connectivity index (χ1) is 11.5. The minimum Gasteiger partial charge on any atom is -0.507 e. The number of benzene rings is 1. The van der Waals surface area contributed by atoms with Crippen molar-refractivity contribution in [3.63, 3.8) is 0 Å². The number of phenolic OH excluding ortho intramolecular Hbond substituents is 1. The number of allylic oxidation sites excluding steroid dienone is 2. The third kappa shape index (κ3) is 1.67. The number of phenols is 1. The average molecular weight is 387 g/mol. The molecule has 1 saturated heterocycles. The van der Waals surface area contributed by atoms with Gasteiger partial charge in [-0.3, -0.25) is 9.59 Å². The van der Waals surface area contributed by atoms with E-state index in [0.717, 1.165) is 17.9 Å². The molecule has 1 aromatic carbocycles. The maximum absolute atomic E-state index is 12.8. The van der Waals surface area contributed by atoms with Crippen molar-refractivity contribution in [1.29, 1.82) is 0 Å². The quantitative estimate of drug-likeness (QED) is 0.482. The standard InChI is InChI=1S/C18H15BrN2O3/c19-12-7-9(1-4-13(12)22)8-20-21-16(23)14-10-2-3-11(15(14)17(21)24)18(10)5-6-18/h1-4,7-8,10-11,14-15,22H,5-6H2/b20-8-/t10-,11-,14+,15+/m1/s1. The number of hydrogen-bond acceptors (Lipinski definition) is 4. The Balaban J connectivity index is 1.43. The second kappa shape index (κ2) is 4.57. The van der Waals surface area contributed by atoms with E-state index in [9.17, 15) is 14.7 Å². The van der Waals surface area contributed by atoms with Crippen LogP contribution in [0.25, 0.3) is 0 Å². The summed E-state index contributed by atoms with van der Waals surface area (Å²) in [5.74, 6) is -0.215. The van der Waals surface area contributed by atoms with Gasteiger partial charge in [0.2, 0.25) is 0 Å². The average Bonchev–Trinajstić information content (AvgIpc) is 3.16. The predicted octanol–water partition coefficient (Wildman–Crippen LogP) is 2.69. The van der Waals surface area contributed by atoms with E-state index in [4.69, 9.17) is 0 Å². The molecule has 5 rings (SSSR count). The van der Waals surface area contributed by atoms with Gasteiger partial charge in [-0.05, 0) is 69.8 Å². The van der Waals surface area contributed by atoms with E-state index in [2.05, 4.69) is 33.2 Å². The van der Waals surface area contributed by atoms with Crippen LogP contribution in [0.15, 0.2) is 39.9 Å². The van der Waals surface area contributed by atoms with Crippen LogP contribution in [-0.4, -0.2) is 28.1 Å². The van der Waals surface area contributed by atoms with Crippen molar-refractivity contribution in [3.8, 4) is 5.75 Å². The fraction of sp³-hybridized carbons (Fsp3) is 0.389. The first-order valence-electron chi connectivity index (χ1n) is 8.11. The number of imide groups is 1. The van der Waals surface area contributed by atoms with Gasteiger partial charge in [0, 0.05) is 0 Å². The van der Waals surface area contributed by atoms with Gasteiger partial charge in [0.05, 0.1) is 22.5 Å². The van der Waals surface area contributed by atoms with Crippen LogP contribution in [0.5, 0.6) is 5.75 Å². The highest BCUT2D eigenvalue weighted by Crippen LogP contribution is 2.73. The Morgan fingerprint density at radius 3 is 2.33 bits per heavy atom. The molecule has 1 N–H and O–H groups in total. The summed E-state index contributed by atoms with van der Waals surface area (Å²) >= 11 is 3.24. The molecule has 2 amide bonds. The van der Waals surface area contributed by atoms with E-state index >= 15 is 0 Å². The van der Waals surface area contributed by atoms with Crippen molar-refractivity contribution < 1.29 is 14.7 Å². The van der Waals surface area contributed by atoms with E-state index in [-0.39, 0.29) is 46.7 Å². The molecule has 2 saturated carbocycles. The van der Waals surface area contributed by atoms with Gasteiger partial charge in [-0.1, -0.05) is 12.2 Å². The molecule has 4 atom stereocenters. The fourth-order valence-corrected chi connectivity index (χ4v) is 5.30. The van der Waals surface area contributed by atoms with Gasteiger partial charge in [0.15, 0.2) is 0 Å². The van der Waals surface area contributed by atoms with Crippen molar-refractivity contribution in [1.82, 2.24) is 5.01 Å². The van der Waals surface area contributed by atoms with Crippen LogP contribution in [0, 0.1) is 29.1 Å². The van der Waals surface area contributed by atoms with Crippen LogP contribution in [0.4, 0.5) is 0 Å². The molecule has 24 heavy (non-hydrogen) atoms. The topological polar surface area (TPSA) is 70.0 Å². The molecule has 0 aromatic heterocycles. The molecule has 4 aliphatic rings. The van der Waals surface area contributed by atoms with Crippen LogP contribution in [0.1, 0.15) is 18.4 Å². The Kier molecular flexibility index (Phi) is 2.74. The number of carbonyl (C=O) groups is 2. The normalized spacial score (nSPS) is 34.8. The lowest BCUT2D eigenvalue weighted by Crippen LogP contribution is -2.30. The summed E-state index contributed by atoms with van der Waals surface area (Å²) in [5, 5.41) is 14.7. The second-order valence-electron chi connectivity index (χ2n) is 7.16. The number of halogens is 1. The molecule has 3 aliphatic carbocycles. The van der Waals surface area contributed by atoms with Gasteiger partial charge >= 0.3 is 0 Å². The highest BCUT2D eigenvalue weighted by Gasteiger charge is 2.73. The molecule has 3 fully saturated rings. The number of amides is 2. The van der Waals surface area contributed by atoms with E-state index < -0.39 is 0 Å². The molecule has 0 unspecified atom stereocenters. The van der Waals surface area contributed by atoms with Crippen LogP contribution in [0.2, 0.25) is 0 Å². The SMILES string of the molecule is O=C1[C@@H]2[C@@H](C(=O)N1/N=C\c1ccc(O)c(Br)c1)[C@H]1C=C[C@H]2C12CC2. The largest absolute Gasteiger partial charge is 0.507 e. The van der Waals surface area contributed by atoms with Gasteiger partial charge in [0.25, 0.3) is 11.8 Å². The Morgan fingerprint density at radius 1 is 1.17 bits per heavy atom. The van der Waals surface area contributed by atoms with Crippen LogP contribution < -0.4 is 0 Å². The van der Waals surface area contributed by atoms with E-state index in [1.165, 1.54) is 12.3 Å². The number of hydrazone groups is 1. The summed E-state index contributed by atoms with van der Waals surface area (Å²) in [4.78, 5) is 25.5. The van der Waals surface area contributed by atoms with Crippen molar-refractivity contribution in [3.05, 3.63) is 40.4 Å². The van der Waals surface area contributed by atoms with Crippen molar-refractivity contribution >= 4 is 34.0 Å². The van der Waals surface area contributed by atoms with Gasteiger partial charge in [-0.15, -0.1) is 0 Å². The Labute approximate surface area is 147 Å². The highest BCUT2D eigenvalue weighted by atomic mass is 79.9. The van der Waals surface area contributed by atoms with E-state index in [1.807, 2.05) is 0 Å². The summed E-state index contributed by atoms with van der Waals surface area (Å²) < 4.78 is 0.542. The number of nitrogens with zero attached hydrogens (tertiary/aromatic N) is 2. The van der Waals surface area contributed by atoms with Crippen molar-refractivity contribution in [2.75, 3.05) is 0 Å². The number of aromatic hydroxyl groups is 1. The number of hydrogen-bond donors (Lipinski definition) is 1. The zero-order valence-electron chi connectivity index (χ0n) is 12.7. The van der Waals surface area contributed by atoms with Crippen LogP contribution >= 0.6 is 15.9 Å². The van der Waals surface area contributed by atoms with Crippen molar-refractivity contribution in [2.24, 2.45) is 34.2 Å². The summed E-state index contributed by atoms with van der Waals surface area (Å²) in [5.41, 5.74) is 0.912. The number of fused-ring (bicyclic) bond motifs is 3. The number of rotatable bonds is 2. The first kappa shape index (κ1) is 14.4. The monoisotopic (exact) mass is 386 g/mol. The number of carbonyl (C=O) groups excluding carboxylic acids is 2. The molecule has 1 spiro atoms. The molecular weight excluding hydrogens is 372 g/mol. The van der Waals surface area contributed by atoms with Gasteiger partial charge in [0.1, 0.15) is 5.75 Å². The zero-order valence-corrected chi connectivity index (χ0v) is 14.3. The maximum atomic E-state index is 12.8. The summed E-state index contributed by atoms with van der Waals surface area (Å²) in [7, 11) is 0. The maximum Gasteiger partial charge on any atom is 0.254 e. The minimum absolute atomic E-state index is 0.132. The van der Waals surface area contributed by atoms with Gasteiger partial charge in [-0.25, -0.2) is 0 Å². The molecule has 6 heteroatoms.